The first-order chi connectivity index (χ1) is 13.8. The fraction of sp³-hybridized carbons (Fsp3) is 0.368. The van der Waals surface area contributed by atoms with E-state index in [2.05, 4.69) is 20.3 Å². The number of rotatable bonds is 3. The highest BCUT2D eigenvalue weighted by molar-refractivity contribution is 6.06. The molecule has 144 valence electrons. The van der Waals surface area contributed by atoms with E-state index in [9.17, 15) is 4.79 Å². The molecular formula is C19H19N5O4. The van der Waals surface area contributed by atoms with E-state index in [-0.39, 0.29) is 24.2 Å². The molecule has 1 aromatic carbocycles. The summed E-state index contributed by atoms with van der Waals surface area (Å²) in [7, 11) is 0. The summed E-state index contributed by atoms with van der Waals surface area (Å²) in [5.74, 6) is 0.143. The molecule has 3 unspecified atom stereocenters. The van der Waals surface area contributed by atoms with E-state index in [1.165, 1.54) is 6.33 Å². The molecule has 0 spiro atoms. The molecule has 3 aromatic rings. The molecule has 0 bridgehead atoms. The second-order valence-corrected chi connectivity index (χ2v) is 6.82. The van der Waals surface area contributed by atoms with Gasteiger partial charge in [0, 0.05) is 5.56 Å². The molecule has 1 N–H and O–H groups in total. The quantitative estimate of drug-likeness (QED) is 0.738. The van der Waals surface area contributed by atoms with Crippen molar-refractivity contribution in [1.29, 1.82) is 0 Å². The number of amides is 1. The third-order valence-corrected chi connectivity index (χ3v) is 5.09. The van der Waals surface area contributed by atoms with Crippen LogP contribution < -0.4 is 5.32 Å². The number of anilines is 1. The van der Waals surface area contributed by atoms with Crippen LogP contribution in [0.3, 0.4) is 0 Å². The number of benzene rings is 1. The van der Waals surface area contributed by atoms with Gasteiger partial charge in [-0.15, -0.1) is 0 Å². The topological polar surface area (TPSA) is 100 Å². The fourth-order valence-corrected chi connectivity index (χ4v) is 3.63. The van der Waals surface area contributed by atoms with E-state index in [0.717, 1.165) is 6.42 Å². The highest BCUT2D eigenvalue weighted by Crippen LogP contribution is 2.31. The zero-order valence-corrected chi connectivity index (χ0v) is 15.0. The minimum absolute atomic E-state index is 0.0101. The first-order valence-electron chi connectivity index (χ1n) is 9.14. The number of carbonyl (C=O) groups excluding carboxylic acids is 1. The minimum Gasteiger partial charge on any atom is -0.371 e. The Kier molecular flexibility index (Phi) is 4.47. The normalized spacial score (nSPS) is 24.6. The molecule has 1 amide bonds. The van der Waals surface area contributed by atoms with E-state index in [1.807, 2.05) is 22.8 Å². The number of hydrogen-bond donors (Lipinski definition) is 1. The highest BCUT2D eigenvalue weighted by atomic mass is 16.7. The number of carbonyl (C=O) groups is 1. The van der Waals surface area contributed by atoms with Crippen molar-refractivity contribution in [3.05, 3.63) is 48.5 Å². The Morgan fingerprint density at radius 1 is 1.07 bits per heavy atom. The minimum atomic E-state index is -0.241. The number of hydrogen-bond acceptors (Lipinski definition) is 7. The molecule has 2 aromatic heterocycles. The van der Waals surface area contributed by atoms with Crippen LogP contribution in [-0.4, -0.2) is 57.6 Å². The molecule has 5 rings (SSSR count). The summed E-state index contributed by atoms with van der Waals surface area (Å²) in [4.78, 5) is 25.5. The van der Waals surface area contributed by atoms with Crippen molar-refractivity contribution < 1.29 is 19.0 Å². The van der Waals surface area contributed by atoms with E-state index in [4.69, 9.17) is 14.2 Å². The van der Waals surface area contributed by atoms with Crippen LogP contribution in [-0.2, 0) is 14.2 Å². The molecule has 0 saturated carbocycles. The summed E-state index contributed by atoms with van der Waals surface area (Å²) in [5, 5.41) is 2.82. The maximum atomic E-state index is 12.5. The van der Waals surface area contributed by atoms with Gasteiger partial charge in [0.15, 0.2) is 17.0 Å². The van der Waals surface area contributed by atoms with Gasteiger partial charge in [0.1, 0.15) is 19.2 Å². The number of nitrogens with zero attached hydrogens (tertiary/aromatic N) is 4. The number of ether oxygens (including phenoxy) is 3. The standard InChI is InChI=1S/C19H19N5O4/c25-19(12-4-2-1-3-5-12)23-17-16-18(21-9-20-17)24(10-22-16)13-6-14-15(27-7-13)8-26-11-28-14/h1-5,9-10,13-15H,6-8,11H2,(H,20,21,23,25). The molecule has 3 atom stereocenters. The van der Waals surface area contributed by atoms with Gasteiger partial charge < -0.3 is 24.1 Å². The van der Waals surface area contributed by atoms with Gasteiger partial charge >= 0.3 is 0 Å². The zero-order chi connectivity index (χ0) is 18.9. The molecular weight excluding hydrogens is 362 g/mol. The Bertz CT molecular complexity index is 992. The predicted octanol–water partition coefficient (Wildman–Crippen LogP) is 1.78. The summed E-state index contributed by atoms with van der Waals surface area (Å²) < 4.78 is 18.8. The molecule has 4 heterocycles. The number of imidazole rings is 1. The maximum Gasteiger partial charge on any atom is 0.256 e. The summed E-state index contributed by atoms with van der Waals surface area (Å²) in [6, 6.07) is 9.02. The van der Waals surface area contributed by atoms with Gasteiger partial charge in [0.25, 0.3) is 5.91 Å². The molecule has 9 nitrogen and oxygen atoms in total. The number of fused-ring (bicyclic) bond motifs is 2. The molecule has 2 fully saturated rings. The first kappa shape index (κ1) is 17.2. The molecule has 2 aliphatic rings. The molecule has 2 aliphatic heterocycles. The third kappa shape index (κ3) is 3.13. The molecule has 0 radical (unpaired) electrons. The van der Waals surface area contributed by atoms with Gasteiger partial charge in [-0.3, -0.25) is 4.79 Å². The predicted molar refractivity (Wildman–Crippen MR) is 98.8 cm³/mol. The Hall–Kier alpha value is -2.88. The SMILES string of the molecule is O=C(Nc1ncnc2c1ncn2C1COC2COCOC2C1)c1ccccc1. The van der Waals surface area contributed by atoms with Crippen molar-refractivity contribution in [2.75, 3.05) is 25.3 Å². The summed E-state index contributed by atoms with van der Waals surface area (Å²) in [6.45, 7) is 1.37. The molecule has 2 saturated heterocycles. The number of aromatic nitrogens is 4. The van der Waals surface area contributed by atoms with Crippen LogP contribution >= 0.6 is 0 Å². The Balaban J connectivity index is 1.40. The lowest BCUT2D eigenvalue weighted by atomic mass is 10.0. The maximum absolute atomic E-state index is 12.5. The fourth-order valence-electron chi connectivity index (χ4n) is 3.63. The van der Waals surface area contributed by atoms with Gasteiger partial charge in [-0.25, -0.2) is 15.0 Å². The van der Waals surface area contributed by atoms with Crippen LogP contribution in [0.25, 0.3) is 11.2 Å². The van der Waals surface area contributed by atoms with Gasteiger partial charge in [-0.05, 0) is 18.6 Å². The van der Waals surface area contributed by atoms with Gasteiger partial charge in [0.05, 0.1) is 31.7 Å². The van der Waals surface area contributed by atoms with Crippen LogP contribution in [0.15, 0.2) is 43.0 Å². The van der Waals surface area contributed by atoms with Crippen molar-refractivity contribution in [3.63, 3.8) is 0 Å². The van der Waals surface area contributed by atoms with Crippen LogP contribution in [0.5, 0.6) is 0 Å². The summed E-state index contributed by atoms with van der Waals surface area (Å²) in [5.41, 5.74) is 1.75. The Labute approximate surface area is 160 Å². The van der Waals surface area contributed by atoms with E-state index in [1.54, 1.807) is 18.5 Å². The van der Waals surface area contributed by atoms with Gasteiger partial charge in [0.2, 0.25) is 0 Å². The molecule has 0 aliphatic carbocycles. The largest absolute Gasteiger partial charge is 0.371 e. The monoisotopic (exact) mass is 381 g/mol. The van der Waals surface area contributed by atoms with Crippen LogP contribution in [0.1, 0.15) is 22.8 Å². The van der Waals surface area contributed by atoms with Crippen LogP contribution in [0, 0.1) is 0 Å². The second-order valence-electron chi connectivity index (χ2n) is 6.82. The summed E-state index contributed by atoms with van der Waals surface area (Å²) in [6.07, 6.45) is 3.89. The van der Waals surface area contributed by atoms with E-state index < -0.39 is 0 Å². The average molecular weight is 381 g/mol. The van der Waals surface area contributed by atoms with Crippen molar-refractivity contribution in [2.24, 2.45) is 0 Å². The van der Waals surface area contributed by atoms with Crippen molar-refractivity contribution in [2.45, 2.75) is 24.7 Å². The van der Waals surface area contributed by atoms with Gasteiger partial charge in [-0.1, -0.05) is 18.2 Å². The Morgan fingerprint density at radius 3 is 2.86 bits per heavy atom. The average Bonchev–Trinajstić information content (AvgIpc) is 3.19. The first-order valence-corrected chi connectivity index (χ1v) is 9.14. The second kappa shape index (κ2) is 7.27. The van der Waals surface area contributed by atoms with E-state index in [0.29, 0.717) is 42.6 Å². The van der Waals surface area contributed by atoms with Crippen LogP contribution in [0.2, 0.25) is 0 Å². The van der Waals surface area contributed by atoms with Crippen LogP contribution in [0.4, 0.5) is 5.82 Å². The lowest BCUT2D eigenvalue weighted by Crippen LogP contribution is -2.47. The zero-order valence-electron chi connectivity index (χ0n) is 15.0. The lowest BCUT2D eigenvalue weighted by molar-refractivity contribution is -0.231. The third-order valence-electron chi connectivity index (χ3n) is 5.09. The molecule has 9 heteroatoms. The van der Waals surface area contributed by atoms with Crippen molar-refractivity contribution in [3.8, 4) is 0 Å². The highest BCUT2D eigenvalue weighted by Gasteiger charge is 2.36. The Morgan fingerprint density at radius 2 is 1.96 bits per heavy atom. The lowest BCUT2D eigenvalue weighted by Gasteiger charge is -2.39. The van der Waals surface area contributed by atoms with Gasteiger partial charge in [-0.2, -0.15) is 0 Å². The molecule has 28 heavy (non-hydrogen) atoms. The summed E-state index contributed by atoms with van der Waals surface area (Å²) >= 11 is 0. The van der Waals surface area contributed by atoms with E-state index >= 15 is 0 Å². The van der Waals surface area contributed by atoms with Crippen molar-refractivity contribution in [1.82, 2.24) is 19.5 Å². The smallest absolute Gasteiger partial charge is 0.256 e. The number of nitrogens with one attached hydrogen (secondary N) is 1. The van der Waals surface area contributed by atoms with Crippen molar-refractivity contribution >= 4 is 22.9 Å².